The first-order valence-corrected chi connectivity index (χ1v) is 6.09. The highest BCUT2D eigenvalue weighted by Crippen LogP contribution is 2.50. The molecule has 1 aliphatic heterocycles. The third-order valence-electron chi connectivity index (χ3n) is 3.23. The first kappa shape index (κ1) is 10.5. The summed E-state index contributed by atoms with van der Waals surface area (Å²) in [6.07, 6.45) is 0.625. The quantitative estimate of drug-likeness (QED) is 0.803. The van der Waals surface area contributed by atoms with Crippen molar-refractivity contribution in [3.63, 3.8) is 0 Å². The van der Waals surface area contributed by atoms with E-state index >= 15 is 0 Å². The number of piperidine rings is 1. The van der Waals surface area contributed by atoms with Gasteiger partial charge in [-0.1, -0.05) is 0 Å². The van der Waals surface area contributed by atoms with Crippen molar-refractivity contribution in [2.75, 3.05) is 4.90 Å². The number of hydrogen-bond acceptors (Lipinski definition) is 4. The van der Waals surface area contributed by atoms with Gasteiger partial charge in [-0.25, -0.2) is 9.69 Å². The second kappa shape index (κ2) is 3.16. The van der Waals surface area contributed by atoms with Gasteiger partial charge in [0, 0.05) is 0 Å². The Bertz CT molecular complexity index is 542. The fourth-order valence-electron chi connectivity index (χ4n) is 2.27. The number of carbonyl (C=O) groups is 3. The normalized spacial score (nSPS) is 26.3. The second-order valence-electron chi connectivity index (χ2n) is 4.36. The molecule has 2 atom stereocenters. The van der Waals surface area contributed by atoms with E-state index in [1.165, 1.54) is 0 Å². The molecule has 1 aromatic heterocycles. The Morgan fingerprint density at radius 2 is 2.00 bits per heavy atom. The number of nitrogens with zero attached hydrogens (tertiary/aromatic N) is 1. The summed E-state index contributed by atoms with van der Waals surface area (Å²) in [5.41, 5.74) is 0.931. The minimum absolute atomic E-state index is 0.0606. The highest BCUT2D eigenvalue weighted by Gasteiger charge is 2.60. The fourth-order valence-corrected chi connectivity index (χ4v) is 3.14. The van der Waals surface area contributed by atoms with Crippen LogP contribution in [0.1, 0.15) is 21.7 Å². The predicted octanol–water partition coefficient (Wildman–Crippen LogP) is 1.26. The molecule has 2 aliphatic rings. The molecular formula is C11H9NO4S. The van der Waals surface area contributed by atoms with E-state index in [2.05, 4.69) is 0 Å². The Hall–Kier alpha value is -1.69. The number of hydrogen-bond donors (Lipinski definition) is 1. The van der Waals surface area contributed by atoms with Gasteiger partial charge in [-0.3, -0.25) is 9.59 Å². The molecule has 0 bridgehead atoms. The zero-order chi connectivity index (χ0) is 12.3. The van der Waals surface area contributed by atoms with Gasteiger partial charge >= 0.3 is 5.97 Å². The number of rotatable bonds is 2. The molecule has 1 aromatic rings. The maximum Gasteiger partial charge on any atom is 0.348 e. The summed E-state index contributed by atoms with van der Waals surface area (Å²) < 4.78 is 0. The van der Waals surface area contributed by atoms with Crippen LogP contribution in [0.5, 0.6) is 0 Å². The van der Waals surface area contributed by atoms with Crippen molar-refractivity contribution >= 4 is 34.8 Å². The van der Waals surface area contributed by atoms with E-state index in [0.29, 0.717) is 12.0 Å². The van der Waals surface area contributed by atoms with Crippen LogP contribution >= 0.6 is 11.3 Å². The van der Waals surface area contributed by atoms with Gasteiger partial charge < -0.3 is 5.11 Å². The van der Waals surface area contributed by atoms with E-state index in [0.717, 1.165) is 16.2 Å². The molecule has 1 saturated heterocycles. The molecule has 0 radical (unpaired) electrons. The molecule has 1 aliphatic carbocycles. The summed E-state index contributed by atoms with van der Waals surface area (Å²) >= 11 is 1.05. The Balaban J connectivity index is 2.10. The largest absolute Gasteiger partial charge is 0.477 e. The smallest absolute Gasteiger partial charge is 0.348 e. The van der Waals surface area contributed by atoms with Gasteiger partial charge in [0.15, 0.2) is 0 Å². The summed E-state index contributed by atoms with van der Waals surface area (Å²) in [5, 5.41) is 10.7. The van der Waals surface area contributed by atoms with Gasteiger partial charge in [0.2, 0.25) is 11.8 Å². The van der Waals surface area contributed by atoms with E-state index in [1.54, 1.807) is 12.3 Å². The standard InChI is InChI=1S/C11H9NO4S/c1-4-3-17-8(11(15)16)7(4)12-9(13)5-2-6(5)10(12)14/h3,5-6H,2H2,1H3,(H,15,16). The highest BCUT2D eigenvalue weighted by molar-refractivity contribution is 7.12. The van der Waals surface area contributed by atoms with E-state index in [9.17, 15) is 14.4 Å². The van der Waals surface area contributed by atoms with Crippen LogP contribution in [0.3, 0.4) is 0 Å². The predicted molar refractivity (Wildman–Crippen MR) is 60.1 cm³/mol. The Labute approximate surface area is 101 Å². The molecule has 17 heavy (non-hydrogen) atoms. The molecule has 1 N–H and O–H groups in total. The lowest BCUT2D eigenvalue weighted by molar-refractivity contribution is -0.123. The zero-order valence-corrected chi connectivity index (χ0v) is 9.78. The summed E-state index contributed by atoms with van der Waals surface area (Å²) in [5.74, 6) is -2.00. The average molecular weight is 251 g/mol. The van der Waals surface area contributed by atoms with Crippen LogP contribution in [0.4, 0.5) is 5.69 Å². The van der Waals surface area contributed by atoms with Crippen LogP contribution in [-0.2, 0) is 9.59 Å². The first-order valence-electron chi connectivity index (χ1n) is 5.21. The van der Waals surface area contributed by atoms with Crippen molar-refractivity contribution < 1.29 is 19.5 Å². The SMILES string of the molecule is Cc1csc(C(=O)O)c1N1C(=O)C2CC2C1=O. The number of imide groups is 1. The Morgan fingerprint density at radius 3 is 2.53 bits per heavy atom. The third-order valence-corrected chi connectivity index (χ3v) is 4.30. The maximum atomic E-state index is 11.9. The van der Waals surface area contributed by atoms with Crippen LogP contribution in [-0.4, -0.2) is 22.9 Å². The zero-order valence-electron chi connectivity index (χ0n) is 8.97. The van der Waals surface area contributed by atoms with Gasteiger partial charge in [0.1, 0.15) is 4.88 Å². The third kappa shape index (κ3) is 1.27. The van der Waals surface area contributed by atoms with Crippen molar-refractivity contribution in [2.24, 2.45) is 11.8 Å². The van der Waals surface area contributed by atoms with Crippen LogP contribution in [0.15, 0.2) is 5.38 Å². The number of anilines is 1. The molecule has 6 heteroatoms. The first-order chi connectivity index (χ1) is 8.02. The van der Waals surface area contributed by atoms with Crippen LogP contribution in [0, 0.1) is 18.8 Å². The average Bonchev–Trinajstić information content (AvgIpc) is 2.92. The lowest BCUT2D eigenvalue weighted by Gasteiger charge is -2.17. The van der Waals surface area contributed by atoms with Gasteiger partial charge in [-0.05, 0) is 24.3 Å². The summed E-state index contributed by atoms with van der Waals surface area (Å²) in [6.45, 7) is 1.71. The van der Waals surface area contributed by atoms with Gasteiger partial charge in [-0.15, -0.1) is 11.3 Å². The number of thiophene rings is 1. The van der Waals surface area contributed by atoms with Crippen molar-refractivity contribution in [2.45, 2.75) is 13.3 Å². The number of fused-ring (bicyclic) bond motifs is 1. The minimum atomic E-state index is -1.10. The second-order valence-corrected chi connectivity index (χ2v) is 5.24. The van der Waals surface area contributed by atoms with E-state index in [-0.39, 0.29) is 34.2 Å². The number of amides is 2. The molecule has 88 valence electrons. The lowest BCUT2D eigenvalue weighted by Crippen LogP contribution is -2.34. The van der Waals surface area contributed by atoms with E-state index < -0.39 is 5.97 Å². The van der Waals surface area contributed by atoms with Crippen molar-refractivity contribution in [1.82, 2.24) is 0 Å². The molecule has 1 saturated carbocycles. The highest BCUT2D eigenvalue weighted by atomic mass is 32.1. The molecule has 5 nitrogen and oxygen atoms in total. The van der Waals surface area contributed by atoms with Crippen LogP contribution in [0.2, 0.25) is 0 Å². The monoisotopic (exact) mass is 251 g/mol. The van der Waals surface area contributed by atoms with Crippen LogP contribution < -0.4 is 4.90 Å². The van der Waals surface area contributed by atoms with Gasteiger partial charge in [-0.2, -0.15) is 0 Å². The van der Waals surface area contributed by atoms with E-state index in [1.807, 2.05) is 0 Å². The van der Waals surface area contributed by atoms with Crippen molar-refractivity contribution in [1.29, 1.82) is 0 Å². The number of aromatic carboxylic acids is 1. The Kier molecular flexibility index (Phi) is 1.95. The Morgan fingerprint density at radius 1 is 1.41 bits per heavy atom. The van der Waals surface area contributed by atoms with Gasteiger partial charge in [0.05, 0.1) is 17.5 Å². The summed E-state index contributed by atoms with van der Waals surface area (Å²) in [6, 6.07) is 0. The van der Waals surface area contributed by atoms with Crippen molar-refractivity contribution in [3.05, 3.63) is 15.8 Å². The minimum Gasteiger partial charge on any atom is -0.477 e. The van der Waals surface area contributed by atoms with Gasteiger partial charge in [0.25, 0.3) is 0 Å². The number of carbonyl (C=O) groups excluding carboxylic acids is 2. The van der Waals surface area contributed by atoms with E-state index in [4.69, 9.17) is 5.11 Å². The number of carboxylic acid groups (broad SMARTS) is 1. The van der Waals surface area contributed by atoms with Crippen molar-refractivity contribution in [3.8, 4) is 0 Å². The molecule has 0 aromatic carbocycles. The molecule has 0 spiro atoms. The maximum absolute atomic E-state index is 11.9. The molecule has 2 amide bonds. The fraction of sp³-hybridized carbons (Fsp3) is 0.364. The molecule has 2 heterocycles. The molecule has 3 rings (SSSR count). The molecule has 2 unspecified atom stereocenters. The summed E-state index contributed by atoms with van der Waals surface area (Å²) in [4.78, 5) is 36.0. The molecule has 2 fully saturated rings. The number of carboxylic acids is 1. The molecular weight excluding hydrogens is 242 g/mol. The summed E-state index contributed by atoms with van der Waals surface area (Å²) in [7, 11) is 0. The van der Waals surface area contributed by atoms with Crippen LogP contribution in [0.25, 0.3) is 0 Å². The lowest BCUT2D eigenvalue weighted by atomic mass is 10.2. The number of aryl methyl sites for hydroxylation is 1. The topological polar surface area (TPSA) is 74.7 Å².